The van der Waals surface area contributed by atoms with Crippen molar-refractivity contribution in [3.63, 3.8) is 0 Å². The minimum Gasteiger partial charge on any atom is -0.465 e. The molecule has 0 aliphatic rings. The molecule has 0 saturated carbocycles. The SMILES string of the molecule is CCOC(=O)CS(=O)(=O)CC(NC)c1ccccc1C. The van der Waals surface area contributed by atoms with Crippen molar-refractivity contribution in [2.24, 2.45) is 0 Å². The van der Waals surface area contributed by atoms with E-state index in [0.717, 1.165) is 11.1 Å². The van der Waals surface area contributed by atoms with E-state index in [4.69, 9.17) is 0 Å². The smallest absolute Gasteiger partial charge is 0.321 e. The first kappa shape index (κ1) is 16.7. The molecule has 0 aromatic heterocycles. The van der Waals surface area contributed by atoms with Crippen LogP contribution >= 0.6 is 0 Å². The summed E-state index contributed by atoms with van der Waals surface area (Å²) in [7, 11) is -1.81. The van der Waals surface area contributed by atoms with Gasteiger partial charge < -0.3 is 10.1 Å². The Morgan fingerprint density at radius 1 is 1.35 bits per heavy atom. The van der Waals surface area contributed by atoms with Crippen molar-refractivity contribution >= 4 is 15.8 Å². The van der Waals surface area contributed by atoms with Crippen LogP contribution in [-0.4, -0.2) is 39.5 Å². The molecule has 0 radical (unpaired) electrons. The van der Waals surface area contributed by atoms with Gasteiger partial charge in [0.25, 0.3) is 0 Å². The predicted octanol–water partition coefficient (Wildman–Crippen LogP) is 1.23. The summed E-state index contributed by atoms with van der Waals surface area (Å²) in [5.74, 6) is -1.41. The predicted molar refractivity (Wildman–Crippen MR) is 78.3 cm³/mol. The first-order valence-corrected chi connectivity index (χ1v) is 8.30. The lowest BCUT2D eigenvalue weighted by Crippen LogP contribution is -2.30. The zero-order chi connectivity index (χ0) is 15.2. The van der Waals surface area contributed by atoms with Gasteiger partial charge in [-0.15, -0.1) is 0 Å². The van der Waals surface area contributed by atoms with Gasteiger partial charge in [0, 0.05) is 6.04 Å². The van der Waals surface area contributed by atoms with Gasteiger partial charge in [-0.2, -0.15) is 0 Å². The molecule has 0 fully saturated rings. The first-order chi connectivity index (χ1) is 9.39. The van der Waals surface area contributed by atoms with Crippen LogP contribution in [0.2, 0.25) is 0 Å². The van der Waals surface area contributed by atoms with Crippen molar-refractivity contribution in [1.82, 2.24) is 5.32 Å². The minimum absolute atomic E-state index is 0.132. The van der Waals surface area contributed by atoms with Crippen LogP contribution in [0.1, 0.15) is 24.1 Å². The fourth-order valence-electron chi connectivity index (χ4n) is 2.00. The van der Waals surface area contributed by atoms with Crippen molar-refractivity contribution in [3.05, 3.63) is 35.4 Å². The van der Waals surface area contributed by atoms with Gasteiger partial charge in [-0.25, -0.2) is 8.42 Å². The molecule has 0 heterocycles. The second kappa shape index (κ2) is 7.40. The molecule has 1 unspecified atom stereocenters. The molecular formula is C14H21NO4S. The quantitative estimate of drug-likeness (QED) is 0.767. The number of hydrogen-bond acceptors (Lipinski definition) is 5. The van der Waals surface area contributed by atoms with E-state index in [0.29, 0.717) is 0 Å². The van der Waals surface area contributed by atoms with Crippen molar-refractivity contribution in [2.45, 2.75) is 19.9 Å². The lowest BCUT2D eigenvalue weighted by atomic mass is 10.0. The molecule has 0 bridgehead atoms. The molecule has 6 heteroatoms. The van der Waals surface area contributed by atoms with Crippen LogP contribution in [0, 0.1) is 6.92 Å². The molecule has 0 aliphatic carbocycles. The number of carbonyl (C=O) groups excluding carboxylic acids is 1. The molecule has 1 N–H and O–H groups in total. The Morgan fingerprint density at radius 3 is 2.55 bits per heavy atom. The van der Waals surface area contributed by atoms with Gasteiger partial charge in [-0.05, 0) is 32.0 Å². The fraction of sp³-hybridized carbons (Fsp3) is 0.500. The highest BCUT2D eigenvalue weighted by molar-refractivity contribution is 7.92. The van der Waals surface area contributed by atoms with E-state index in [2.05, 4.69) is 10.1 Å². The molecule has 0 saturated heterocycles. The third kappa shape index (κ3) is 4.94. The average molecular weight is 299 g/mol. The van der Waals surface area contributed by atoms with Gasteiger partial charge in [0.15, 0.2) is 9.84 Å². The molecule has 0 aliphatic heterocycles. The van der Waals surface area contributed by atoms with Crippen LogP contribution in [0.3, 0.4) is 0 Å². The Bertz CT molecular complexity index is 554. The minimum atomic E-state index is -3.52. The Kier molecular flexibility index (Phi) is 6.16. The summed E-state index contributed by atoms with van der Waals surface area (Å²) in [5, 5.41) is 2.99. The Hall–Kier alpha value is -1.40. The molecule has 0 amide bonds. The van der Waals surface area contributed by atoms with Crippen LogP contribution in [0.4, 0.5) is 0 Å². The maximum atomic E-state index is 12.0. The molecular weight excluding hydrogens is 278 g/mol. The monoisotopic (exact) mass is 299 g/mol. The van der Waals surface area contributed by atoms with Crippen LogP contribution in [0.15, 0.2) is 24.3 Å². The van der Waals surface area contributed by atoms with E-state index in [1.807, 2.05) is 31.2 Å². The summed E-state index contributed by atoms with van der Waals surface area (Å²) in [6, 6.07) is 7.24. The summed E-state index contributed by atoms with van der Waals surface area (Å²) in [5.41, 5.74) is 1.93. The number of sulfone groups is 1. The van der Waals surface area contributed by atoms with Crippen molar-refractivity contribution < 1.29 is 17.9 Å². The summed E-state index contributed by atoms with van der Waals surface area (Å²) < 4.78 is 28.7. The van der Waals surface area contributed by atoms with Crippen molar-refractivity contribution in [2.75, 3.05) is 25.2 Å². The molecule has 0 spiro atoms. The van der Waals surface area contributed by atoms with E-state index in [-0.39, 0.29) is 18.4 Å². The van der Waals surface area contributed by atoms with Crippen molar-refractivity contribution in [1.29, 1.82) is 0 Å². The third-order valence-electron chi connectivity index (χ3n) is 2.98. The highest BCUT2D eigenvalue weighted by atomic mass is 32.2. The summed E-state index contributed by atoms with van der Waals surface area (Å²) in [4.78, 5) is 11.3. The van der Waals surface area contributed by atoms with Crippen LogP contribution in [-0.2, 0) is 19.4 Å². The second-order valence-corrected chi connectivity index (χ2v) is 6.67. The summed E-state index contributed by atoms with van der Waals surface area (Å²) in [6.45, 7) is 3.76. The van der Waals surface area contributed by atoms with Crippen LogP contribution in [0.25, 0.3) is 0 Å². The van der Waals surface area contributed by atoms with E-state index < -0.39 is 21.6 Å². The molecule has 1 aromatic carbocycles. The summed E-state index contributed by atoms with van der Waals surface area (Å²) in [6.07, 6.45) is 0. The number of ether oxygens (including phenoxy) is 1. The number of rotatable bonds is 7. The Morgan fingerprint density at radius 2 is 2.00 bits per heavy atom. The molecule has 1 aromatic rings. The van der Waals surface area contributed by atoms with Gasteiger partial charge in [0.1, 0.15) is 5.75 Å². The third-order valence-corrected chi connectivity index (χ3v) is 4.49. The number of hydrogen-bond donors (Lipinski definition) is 1. The van der Waals surface area contributed by atoms with Crippen LogP contribution < -0.4 is 5.32 Å². The molecule has 1 atom stereocenters. The van der Waals surface area contributed by atoms with E-state index in [9.17, 15) is 13.2 Å². The van der Waals surface area contributed by atoms with Gasteiger partial charge in [0.05, 0.1) is 12.4 Å². The first-order valence-electron chi connectivity index (χ1n) is 6.48. The number of esters is 1. The van der Waals surface area contributed by atoms with Gasteiger partial charge in [-0.1, -0.05) is 24.3 Å². The van der Waals surface area contributed by atoms with Crippen molar-refractivity contribution in [3.8, 4) is 0 Å². The maximum Gasteiger partial charge on any atom is 0.321 e. The topological polar surface area (TPSA) is 72.5 Å². The second-order valence-electron chi connectivity index (χ2n) is 4.56. The molecule has 20 heavy (non-hydrogen) atoms. The van der Waals surface area contributed by atoms with Gasteiger partial charge >= 0.3 is 5.97 Å². The average Bonchev–Trinajstić information content (AvgIpc) is 2.36. The lowest BCUT2D eigenvalue weighted by Gasteiger charge is -2.18. The summed E-state index contributed by atoms with van der Waals surface area (Å²) >= 11 is 0. The van der Waals surface area contributed by atoms with E-state index in [1.165, 1.54) is 0 Å². The fourth-order valence-corrected chi connectivity index (χ4v) is 3.42. The standard InChI is InChI=1S/C14H21NO4S/c1-4-19-14(16)10-20(17,18)9-13(15-3)12-8-6-5-7-11(12)2/h5-8,13,15H,4,9-10H2,1-3H3. The highest BCUT2D eigenvalue weighted by Gasteiger charge is 2.23. The highest BCUT2D eigenvalue weighted by Crippen LogP contribution is 2.19. The molecule has 1 rings (SSSR count). The number of aryl methyl sites for hydroxylation is 1. The lowest BCUT2D eigenvalue weighted by molar-refractivity contribution is -0.139. The van der Waals surface area contributed by atoms with Gasteiger partial charge in [0.2, 0.25) is 0 Å². The van der Waals surface area contributed by atoms with Crippen LogP contribution in [0.5, 0.6) is 0 Å². The maximum absolute atomic E-state index is 12.0. The molecule has 5 nitrogen and oxygen atoms in total. The normalized spacial score (nSPS) is 12.9. The number of benzene rings is 1. The van der Waals surface area contributed by atoms with E-state index in [1.54, 1.807) is 14.0 Å². The van der Waals surface area contributed by atoms with E-state index >= 15 is 0 Å². The Balaban J connectivity index is 2.83. The zero-order valence-corrected chi connectivity index (χ0v) is 12.9. The number of carbonyl (C=O) groups is 1. The Labute approximate surface area is 120 Å². The van der Waals surface area contributed by atoms with Gasteiger partial charge in [-0.3, -0.25) is 4.79 Å². The largest absolute Gasteiger partial charge is 0.465 e. The molecule has 112 valence electrons. The zero-order valence-electron chi connectivity index (χ0n) is 12.0. The number of nitrogens with one attached hydrogen (secondary N) is 1.